The fraction of sp³-hybridized carbons (Fsp3) is 0.500. The van der Waals surface area contributed by atoms with Crippen molar-refractivity contribution in [2.45, 2.75) is 43.5 Å². The Kier molecular flexibility index (Phi) is 5.40. The minimum absolute atomic E-state index is 0.0421. The topological polar surface area (TPSA) is 72.2 Å². The third-order valence-electron chi connectivity index (χ3n) is 3.92. The van der Waals surface area contributed by atoms with Crippen molar-refractivity contribution >= 4 is 10.0 Å². The van der Waals surface area contributed by atoms with E-state index in [1.807, 2.05) is 0 Å². The lowest BCUT2D eigenvalue weighted by atomic mass is 9.87. The van der Waals surface area contributed by atoms with Crippen LogP contribution in [0.1, 0.15) is 38.2 Å². The van der Waals surface area contributed by atoms with Crippen molar-refractivity contribution in [3.63, 3.8) is 0 Å². The first-order valence-corrected chi connectivity index (χ1v) is 8.82. The Hall–Kier alpha value is -1.35. The fourth-order valence-corrected chi connectivity index (χ4v) is 4.01. The summed E-state index contributed by atoms with van der Waals surface area (Å²) >= 11 is 0. The number of nitrogens with two attached hydrogens (primary N) is 1. The van der Waals surface area contributed by atoms with Crippen LogP contribution in [0, 0.1) is 17.8 Å². The molecule has 0 bridgehead atoms. The molecule has 0 heterocycles. The van der Waals surface area contributed by atoms with Gasteiger partial charge in [-0.05, 0) is 43.0 Å². The van der Waals surface area contributed by atoms with Crippen LogP contribution in [0.2, 0.25) is 0 Å². The summed E-state index contributed by atoms with van der Waals surface area (Å²) in [6.07, 6.45) is 4.28. The number of nitrogens with one attached hydrogen (secondary N) is 1. The first-order valence-electron chi connectivity index (χ1n) is 7.34. The third kappa shape index (κ3) is 4.31. The van der Waals surface area contributed by atoms with E-state index in [-0.39, 0.29) is 6.04 Å². The van der Waals surface area contributed by atoms with Gasteiger partial charge >= 0.3 is 0 Å². The summed E-state index contributed by atoms with van der Waals surface area (Å²) in [7, 11) is -3.45. The predicted molar refractivity (Wildman–Crippen MR) is 84.1 cm³/mol. The predicted octanol–water partition coefficient (Wildman–Crippen LogP) is 1.85. The van der Waals surface area contributed by atoms with Crippen molar-refractivity contribution in [3.8, 4) is 11.8 Å². The Morgan fingerprint density at radius 1 is 1.24 bits per heavy atom. The summed E-state index contributed by atoms with van der Waals surface area (Å²) in [5, 5.41) is 0. The first-order chi connectivity index (χ1) is 10.0. The van der Waals surface area contributed by atoms with Gasteiger partial charge in [0, 0.05) is 11.6 Å². The minimum Gasteiger partial charge on any atom is -0.320 e. The Balaban J connectivity index is 2.11. The fourth-order valence-electron chi connectivity index (χ4n) is 2.63. The molecule has 2 rings (SSSR count). The van der Waals surface area contributed by atoms with Crippen LogP contribution in [-0.2, 0) is 10.0 Å². The molecule has 1 aliphatic carbocycles. The van der Waals surface area contributed by atoms with Crippen LogP contribution >= 0.6 is 0 Å². The molecule has 1 aliphatic rings. The lowest BCUT2D eigenvalue weighted by molar-refractivity contribution is 0.310. The quantitative estimate of drug-likeness (QED) is 0.837. The number of sulfonamides is 1. The number of benzene rings is 1. The number of hydrogen-bond donors (Lipinski definition) is 2. The van der Waals surface area contributed by atoms with Crippen molar-refractivity contribution in [2.75, 3.05) is 6.54 Å². The molecule has 2 unspecified atom stereocenters. The Morgan fingerprint density at radius 2 is 1.90 bits per heavy atom. The van der Waals surface area contributed by atoms with Crippen LogP contribution in [-0.4, -0.2) is 21.0 Å². The molecule has 0 aromatic heterocycles. The summed E-state index contributed by atoms with van der Waals surface area (Å²) in [5.74, 6) is 6.02. The molecule has 114 valence electrons. The molecule has 0 aliphatic heterocycles. The largest absolute Gasteiger partial charge is 0.320 e. The third-order valence-corrected chi connectivity index (χ3v) is 5.42. The standard InChI is InChI=1S/C16H22N2O2S/c1-13-5-2-3-7-16(13)18-21(19,20)15-10-8-14(9-11-15)6-4-12-17/h8-11,13,16,18H,2-3,5,7,12,17H2,1H3. The molecule has 1 fully saturated rings. The molecular weight excluding hydrogens is 284 g/mol. The minimum atomic E-state index is -3.45. The number of hydrogen-bond acceptors (Lipinski definition) is 3. The van der Waals surface area contributed by atoms with Crippen molar-refractivity contribution in [1.29, 1.82) is 0 Å². The van der Waals surface area contributed by atoms with Crippen molar-refractivity contribution < 1.29 is 8.42 Å². The summed E-state index contributed by atoms with van der Waals surface area (Å²) in [4.78, 5) is 0.290. The second-order valence-corrected chi connectivity index (χ2v) is 7.23. The maximum atomic E-state index is 12.4. The monoisotopic (exact) mass is 306 g/mol. The molecule has 0 radical (unpaired) electrons. The normalized spacial score (nSPS) is 22.4. The van der Waals surface area contributed by atoms with E-state index in [1.165, 1.54) is 6.42 Å². The van der Waals surface area contributed by atoms with Crippen LogP contribution in [0.5, 0.6) is 0 Å². The van der Waals surface area contributed by atoms with Gasteiger partial charge in [0.2, 0.25) is 10.0 Å². The van der Waals surface area contributed by atoms with Crippen molar-refractivity contribution in [2.24, 2.45) is 11.7 Å². The highest BCUT2D eigenvalue weighted by molar-refractivity contribution is 7.89. The molecule has 21 heavy (non-hydrogen) atoms. The van der Waals surface area contributed by atoms with E-state index in [9.17, 15) is 8.42 Å². The zero-order valence-corrected chi connectivity index (χ0v) is 13.1. The summed E-state index contributed by atoms with van der Waals surface area (Å²) < 4.78 is 27.6. The first kappa shape index (κ1) is 16.0. The van der Waals surface area contributed by atoms with E-state index >= 15 is 0 Å². The molecule has 4 nitrogen and oxygen atoms in total. The lowest BCUT2D eigenvalue weighted by Crippen LogP contribution is -2.40. The van der Waals surface area contributed by atoms with Gasteiger partial charge in [0.15, 0.2) is 0 Å². The van der Waals surface area contributed by atoms with Gasteiger partial charge in [-0.25, -0.2) is 13.1 Å². The molecule has 3 N–H and O–H groups in total. The van der Waals surface area contributed by atoms with Crippen LogP contribution in [0.4, 0.5) is 0 Å². The van der Waals surface area contributed by atoms with Gasteiger partial charge in [-0.1, -0.05) is 31.6 Å². The van der Waals surface area contributed by atoms with E-state index in [0.29, 0.717) is 17.4 Å². The molecule has 1 saturated carbocycles. The van der Waals surface area contributed by atoms with Gasteiger partial charge in [-0.3, -0.25) is 0 Å². The lowest BCUT2D eigenvalue weighted by Gasteiger charge is -2.29. The highest BCUT2D eigenvalue weighted by Gasteiger charge is 2.26. The smallest absolute Gasteiger partial charge is 0.240 e. The van der Waals surface area contributed by atoms with Gasteiger partial charge in [-0.15, -0.1) is 0 Å². The average Bonchev–Trinajstić information content (AvgIpc) is 2.48. The summed E-state index contributed by atoms with van der Waals surface area (Å²) in [6, 6.07) is 6.65. The molecular formula is C16H22N2O2S. The summed E-state index contributed by atoms with van der Waals surface area (Å²) in [6.45, 7) is 2.40. The Morgan fingerprint density at radius 3 is 2.52 bits per heavy atom. The highest BCUT2D eigenvalue weighted by atomic mass is 32.2. The molecule has 0 spiro atoms. The molecule has 0 saturated heterocycles. The van der Waals surface area contributed by atoms with Crippen molar-refractivity contribution in [1.82, 2.24) is 4.72 Å². The summed E-state index contributed by atoms with van der Waals surface area (Å²) in [5.41, 5.74) is 6.08. The number of rotatable bonds is 3. The molecule has 5 heteroatoms. The molecule has 2 atom stereocenters. The second kappa shape index (κ2) is 7.08. The average molecular weight is 306 g/mol. The highest BCUT2D eigenvalue weighted by Crippen LogP contribution is 2.25. The zero-order valence-electron chi connectivity index (χ0n) is 12.3. The van der Waals surface area contributed by atoms with Crippen LogP contribution in [0.15, 0.2) is 29.2 Å². The maximum Gasteiger partial charge on any atom is 0.240 e. The Labute approximate surface area is 127 Å². The van der Waals surface area contributed by atoms with Gasteiger partial charge in [0.25, 0.3) is 0 Å². The molecule has 0 amide bonds. The molecule has 1 aromatic rings. The Bertz CT molecular complexity index is 626. The zero-order chi connectivity index (χ0) is 15.3. The van der Waals surface area contributed by atoms with Gasteiger partial charge < -0.3 is 5.73 Å². The van der Waals surface area contributed by atoms with Gasteiger partial charge in [0.1, 0.15) is 0 Å². The van der Waals surface area contributed by atoms with Crippen LogP contribution in [0.3, 0.4) is 0 Å². The molecule has 1 aromatic carbocycles. The van der Waals surface area contributed by atoms with E-state index < -0.39 is 10.0 Å². The van der Waals surface area contributed by atoms with Crippen LogP contribution in [0.25, 0.3) is 0 Å². The van der Waals surface area contributed by atoms with E-state index in [0.717, 1.165) is 24.8 Å². The van der Waals surface area contributed by atoms with E-state index in [1.54, 1.807) is 24.3 Å². The maximum absolute atomic E-state index is 12.4. The van der Waals surface area contributed by atoms with Gasteiger partial charge in [0.05, 0.1) is 11.4 Å². The second-order valence-electron chi connectivity index (χ2n) is 5.52. The SMILES string of the molecule is CC1CCCCC1NS(=O)(=O)c1ccc(C#CCN)cc1. The van der Waals surface area contributed by atoms with Gasteiger partial charge in [-0.2, -0.15) is 0 Å². The van der Waals surface area contributed by atoms with E-state index in [4.69, 9.17) is 5.73 Å². The van der Waals surface area contributed by atoms with Crippen molar-refractivity contribution in [3.05, 3.63) is 29.8 Å². The van der Waals surface area contributed by atoms with E-state index in [2.05, 4.69) is 23.5 Å². The van der Waals surface area contributed by atoms with Crippen LogP contribution < -0.4 is 10.5 Å².